The van der Waals surface area contributed by atoms with Crippen molar-refractivity contribution in [2.75, 3.05) is 0 Å². The molecule has 98 valence electrons. The van der Waals surface area contributed by atoms with Crippen LogP contribution < -0.4 is 0 Å². The maximum atomic E-state index is 2.38. The van der Waals surface area contributed by atoms with Gasteiger partial charge in [0.25, 0.3) is 0 Å². The van der Waals surface area contributed by atoms with Gasteiger partial charge >= 0.3 is 0 Å². The van der Waals surface area contributed by atoms with Gasteiger partial charge in [-0.05, 0) is 92.8 Å². The van der Waals surface area contributed by atoms with Crippen molar-refractivity contribution in [2.45, 2.75) is 47.0 Å². The molecule has 0 atom stereocenters. The maximum absolute atomic E-state index is 2.38. The Bertz CT molecular complexity index is 449. The summed E-state index contributed by atoms with van der Waals surface area (Å²) < 4.78 is 1.32. The van der Waals surface area contributed by atoms with E-state index in [1.165, 1.54) is 32.3 Å². The van der Waals surface area contributed by atoms with Gasteiger partial charge in [-0.25, -0.2) is 0 Å². The van der Waals surface area contributed by atoms with Crippen molar-refractivity contribution in [1.29, 1.82) is 0 Å². The van der Waals surface area contributed by atoms with Crippen LogP contribution in [0.4, 0.5) is 0 Å². The molecule has 0 amide bonds. The summed E-state index contributed by atoms with van der Waals surface area (Å²) in [5.74, 6) is 0. The average Bonchev–Trinajstić information content (AvgIpc) is 2.30. The second kappa shape index (κ2) is 7.78. The van der Waals surface area contributed by atoms with E-state index in [2.05, 4.69) is 80.6 Å². The standard InChI is InChI=1S/C17H23I/c1-13(2)6-5-7-14(3)8-10-16-12-17(18)11-9-15(16)4/h6,8-9,11-12H,5,7,10H2,1-4H3. The predicted molar refractivity (Wildman–Crippen MR) is 90.0 cm³/mol. The first-order chi connectivity index (χ1) is 8.49. The van der Waals surface area contributed by atoms with E-state index in [0.717, 1.165) is 12.8 Å². The van der Waals surface area contributed by atoms with E-state index in [1.54, 1.807) is 0 Å². The molecule has 0 aliphatic heterocycles. The Morgan fingerprint density at radius 1 is 1.17 bits per heavy atom. The molecule has 1 aromatic carbocycles. The van der Waals surface area contributed by atoms with Gasteiger partial charge in [-0.1, -0.05) is 29.4 Å². The third kappa shape index (κ3) is 5.85. The number of hydrogen-bond acceptors (Lipinski definition) is 0. The Balaban J connectivity index is 2.57. The normalized spacial score (nSPS) is 11.5. The summed E-state index contributed by atoms with van der Waals surface area (Å²) in [6.07, 6.45) is 8.08. The highest BCUT2D eigenvalue weighted by Gasteiger charge is 1.98. The van der Waals surface area contributed by atoms with Crippen LogP contribution in [-0.4, -0.2) is 0 Å². The molecule has 1 heteroatoms. The van der Waals surface area contributed by atoms with Crippen LogP contribution in [0, 0.1) is 10.5 Å². The van der Waals surface area contributed by atoms with Crippen molar-refractivity contribution in [2.24, 2.45) is 0 Å². The third-order valence-corrected chi connectivity index (χ3v) is 3.74. The van der Waals surface area contributed by atoms with Crippen LogP contribution in [0.1, 0.15) is 44.7 Å². The minimum absolute atomic E-state index is 1.06. The van der Waals surface area contributed by atoms with E-state index in [-0.39, 0.29) is 0 Å². The molecule has 0 aliphatic rings. The van der Waals surface area contributed by atoms with Crippen molar-refractivity contribution >= 4 is 22.6 Å². The summed E-state index contributed by atoms with van der Waals surface area (Å²) in [6.45, 7) is 8.75. The Morgan fingerprint density at radius 3 is 2.56 bits per heavy atom. The fourth-order valence-corrected chi connectivity index (χ4v) is 2.39. The zero-order chi connectivity index (χ0) is 13.5. The molecule has 0 heterocycles. The van der Waals surface area contributed by atoms with Crippen LogP contribution in [-0.2, 0) is 6.42 Å². The second-order valence-corrected chi connectivity index (χ2v) is 6.39. The lowest BCUT2D eigenvalue weighted by molar-refractivity contribution is 0.955. The fraction of sp³-hybridized carbons (Fsp3) is 0.412. The minimum atomic E-state index is 1.06. The topological polar surface area (TPSA) is 0 Å². The zero-order valence-electron chi connectivity index (χ0n) is 11.9. The van der Waals surface area contributed by atoms with Gasteiger partial charge in [0.05, 0.1) is 0 Å². The highest BCUT2D eigenvalue weighted by molar-refractivity contribution is 14.1. The molecular formula is C17H23I. The Kier molecular flexibility index (Phi) is 6.69. The molecular weight excluding hydrogens is 331 g/mol. The smallest absolute Gasteiger partial charge is 0.0133 e. The molecule has 1 aromatic rings. The Morgan fingerprint density at radius 2 is 1.89 bits per heavy atom. The van der Waals surface area contributed by atoms with Crippen molar-refractivity contribution in [3.63, 3.8) is 0 Å². The lowest BCUT2D eigenvalue weighted by atomic mass is 10.0. The summed E-state index contributed by atoms with van der Waals surface area (Å²) >= 11 is 2.38. The molecule has 0 spiro atoms. The van der Waals surface area contributed by atoms with Gasteiger partial charge in [0.2, 0.25) is 0 Å². The third-order valence-electron chi connectivity index (χ3n) is 3.07. The molecule has 0 unspecified atom stereocenters. The maximum Gasteiger partial charge on any atom is 0.0133 e. The number of halogens is 1. The number of hydrogen-bond donors (Lipinski definition) is 0. The highest BCUT2D eigenvalue weighted by atomic mass is 127. The van der Waals surface area contributed by atoms with Gasteiger partial charge < -0.3 is 0 Å². The number of aryl methyl sites for hydroxylation is 1. The summed E-state index contributed by atoms with van der Waals surface area (Å²) in [7, 11) is 0. The van der Waals surface area contributed by atoms with E-state index in [0.29, 0.717) is 0 Å². The quantitative estimate of drug-likeness (QED) is 0.461. The van der Waals surface area contributed by atoms with Crippen LogP contribution in [0.15, 0.2) is 41.5 Å². The zero-order valence-corrected chi connectivity index (χ0v) is 14.0. The van der Waals surface area contributed by atoms with Gasteiger partial charge in [-0.2, -0.15) is 0 Å². The summed E-state index contributed by atoms with van der Waals surface area (Å²) in [5, 5.41) is 0. The molecule has 1 rings (SSSR count). The van der Waals surface area contributed by atoms with Crippen molar-refractivity contribution in [1.82, 2.24) is 0 Å². The monoisotopic (exact) mass is 354 g/mol. The molecule has 0 saturated heterocycles. The van der Waals surface area contributed by atoms with Gasteiger partial charge in [0, 0.05) is 3.57 Å². The lowest BCUT2D eigenvalue weighted by Crippen LogP contribution is -1.89. The van der Waals surface area contributed by atoms with E-state index < -0.39 is 0 Å². The molecule has 0 fully saturated rings. The Labute approximate surface area is 125 Å². The molecule has 0 radical (unpaired) electrons. The van der Waals surface area contributed by atoms with Crippen molar-refractivity contribution < 1.29 is 0 Å². The largest absolute Gasteiger partial charge is 0.0856 e. The molecule has 0 aromatic heterocycles. The molecule has 0 nitrogen and oxygen atoms in total. The molecule has 18 heavy (non-hydrogen) atoms. The van der Waals surface area contributed by atoms with E-state index in [4.69, 9.17) is 0 Å². The average molecular weight is 354 g/mol. The fourth-order valence-electron chi connectivity index (χ4n) is 1.83. The number of rotatable bonds is 5. The SMILES string of the molecule is CC(C)=CCCC(C)=CCc1cc(I)ccc1C. The lowest BCUT2D eigenvalue weighted by Gasteiger charge is -2.05. The van der Waals surface area contributed by atoms with E-state index >= 15 is 0 Å². The van der Waals surface area contributed by atoms with Gasteiger partial charge in [-0.3, -0.25) is 0 Å². The number of allylic oxidation sites excluding steroid dienone is 4. The molecule has 0 saturated carbocycles. The van der Waals surface area contributed by atoms with Crippen molar-refractivity contribution in [3.8, 4) is 0 Å². The van der Waals surface area contributed by atoms with E-state index in [1.807, 2.05) is 0 Å². The predicted octanol–water partition coefficient (Wildman–Crippen LogP) is 5.83. The van der Waals surface area contributed by atoms with Gasteiger partial charge in [0.15, 0.2) is 0 Å². The van der Waals surface area contributed by atoms with Crippen LogP contribution >= 0.6 is 22.6 Å². The minimum Gasteiger partial charge on any atom is -0.0856 e. The summed E-state index contributed by atoms with van der Waals surface area (Å²) in [5.41, 5.74) is 5.74. The molecule has 0 N–H and O–H groups in total. The Hall–Kier alpha value is -0.570. The molecule has 0 aliphatic carbocycles. The number of benzene rings is 1. The summed E-state index contributed by atoms with van der Waals surface area (Å²) in [4.78, 5) is 0. The van der Waals surface area contributed by atoms with Crippen molar-refractivity contribution in [3.05, 3.63) is 56.2 Å². The second-order valence-electron chi connectivity index (χ2n) is 5.15. The van der Waals surface area contributed by atoms with Gasteiger partial charge in [-0.15, -0.1) is 0 Å². The van der Waals surface area contributed by atoms with Crippen LogP contribution in [0.3, 0.4) is 0 Å². The van der Waals surface area contributed by atoms with E-state index in [9.17, 15) is 0 Å². The van der Waals surface area contributed by atoms with Crippen LogP contribution in [0.2, 0.25) is 0 Å². The summed E-state index contributed by atoms with van der Waals surface area (Å²) in [6, 6.07) is 6.67. The highest BCUT2D eigenvalue weighted by Crippen LogP contribution is 2.15. The first-order valence-electron chi connectivity index (χ1n) is 6.53. The first kappa shape index (κ1) is 15.5. The first-order valence-corrected chi connectivity index (χ1v) is 7.61. The van der Waals surface area contributed by atoms with Crippen LogP contribution in [0.25, 0.3) is 0 Å². The van der Waals surface area contributed by atoms with Gasteiger partial charge in [0.1, 0.15) is 0 Å². The van der Waals surface area contributed by atoms with Crippen LogP contribution in [0.5, 0.6) is 0 Å². The molecule has 0 bridgehead atoms.